The molecule has 5 rings (SSSR count). The van der Waals surface area contributed by atoms with Gasteiger partial charge in [0.25, 0.3) is 11.2 Å². The Hall–Kier alpha value is -5.35. The van der Waals surface area contributed by atoms with Crippen LogP contribution in [0.25, 0.3) is 32.8 Å². The monoisotopic (exact) mass is 742 g/mol. The number of benzene rings is 1. The Bertz CT molecular complexity index is 2150. The van der Waals surface area contributed by atoms with Gasteiger partial charge in [-0.25, -0.2) is 29.0 Å². The summed E-state index contributed by atoms with van der Waals surface area (Å²) in [5.74, 6) is -1.02. The van der Waals surface area contributed by atoms with Crippen molar-refractivity contribution in [2.45, 2.75) is 65.9 Å². The number of piperazine rings is 1. The fourth-order valence-corrected chi connectivity index (χ4v) is 6.44. The summed E-state index contributed by atoms with van der Waals surface area (Å²) in [4.78, 5) is 62.9. The molecule has 14 heteroatoms. The molecule has 53 heavy (non-hydrogen) atoms. The summed E-state index contributed by atoms with van der Waals surface area (Å²) in [6.45, 7) is 22.8. The Morgan fingerprint density at radius 3 is 2.25 bits per heavy atom. The van der Waals surface area contributed by atoms with Gasteiger partial charge in [-0.05, 0) is 50.8 Å². The summed E-state index contributed by atoms with van der Waals surface area (Å²) in [6.07, 6.45) is 4.00. The van der Waals surface area contributed by atoms with E-state index in [0.717, 1.165) is 0 Å². The maximum atomic E-state index is 15.2. The highest BCUT2D eigenvalue weighted by atomic mass is 35.5. The largest absolute Gasteiger partial charge is 0.444 e. The molecule has 1 saturated heterocycles. The van der Waals surface area contributed by atoms with Crippen LogP contribution in [0.15, 0.2) is 53.6 Å². The van der Waals surface area contributed by atoms with Crippen molar-refractivity contribution >= 4 is 46.0 Å². The molecule has 0 radical (unpaired) electrons. The molecule has 278 valence electrons. The van der Waals surface area contributed by atoms with E-state index in [9.17, 15) is 14.4 Å². The number of rotatable bonds is 8. The second-order valence-electron chi connectivity index (χ2n) is 14.5. The fourth-order valence-electron chi connectivity index (χ4n) is 6.19. The molecule has 1 aliphatic heterocycles. The summed E-state index contributed by atoms with van der Waals surface area (Å²) in [5, 5.41) is 0.552. The number of pyridine rings is 2. The van der Waals surface area contributed by atoms with Crippen molar-refractivity contribution in [2.75, 3.05) is 44.7 Å². The molecule has 0 unspecified atom stereocenters. The first kappa shape index (κ1) is 38.9. The Labute approximate surface area is 313 Å². The van der Waals surface area contributed by atoms with E-state index in [2.05, 4.69) is 14.8 Å². The van der Waals surface area contributed by atoms with Crippen LogP contribution in [0.4, 0.5) is 20.6 Å². The molecule has 0 N–H and O–H groups in total. The van der Waals surface area contributed by atoms with E-state index in [0.29, 0.717) is 54.3 Å². The van der Waals surface area contributed by atoms with Gasteiger partial charge >= 0.3 is 6.09 Å². The number of nitrogens with zero attached hydrogens (tertiary/aromatic N) is 8. The van der Waals surface area contributed by atoms with Gasteiger partial charge in [-0.1, -0.05) is 57.5 Å². The van der Waals surface area contributed by atoms with Crippen LogP contribution in [0.3, 0.4) is 0 Å². The number of ether oxygens (including phenoxy) is 1. The number of anilines is 1. The summed E-state index contributed by atoms with van der Waals surface area (Å²) < 4.78 is 22.0. The number of hydrogen-bond donors (Lipinski definition) is 0. The SMILES string of the molecule is [C-]#[N+]c1c(N2CCN(C(=O)/C=C/CN(C)C(=O)OC(C)(C)C)CC2)c2cc(Cl)c(-c3ccccc3F)nc2n(-c2c(C(C)C)ncnc2C(C)C)c1=O. The normalized spacial score (nSPS) is 13.6. The minimum Gasteiger partial charge on any atom is -0.444 e. The van der Waals surface area contributed by atoms with Crippen LogP contribution >= 0.6 is 11.6 Å². The van der Waals surface area contributed by atoms with Gasteiger partial charge in [0, 0.05) is 56.8 Å². The zero-order valence-electron chi connectivity index (χ0n) is 31.3. The summed E-state index contributed by atoms with van der Waals surface area (Å²) in [5.41, 5.74) is 1.02. The highest BCUT2D eigenvalue weighted by Crippen LogP contribution is 2.41. The number of amides is 2. The molecule has 1 fully saturated rings. The maximum absolute atomic E-state index is 15.2. The lowest BCUT2D eigenvalue weighted by Crippen LogP contribution is -2.48. The van der Waals surface area contributed by atoms with Gasteiger partial charge in [0.05, 0.1) is 40.1 Å². The van der Waals surface area contributed by atoms with Gasteiger partial charge in [-0.3, -0.25) is 14.2 Å². The third kappa shape index (κ3) is 8.18. The Morgan fingerprint density at radius 1 is 1.06 bits per heavy atom. The molecule has 0 atom stereocenters. The lowest BCUT2D eigenvalue weighted by Gasteiger charge is -2.37. The van der Waals surface area contributed by atoms with Crippen molar-refractivity contribution in [3.05, 3.63) is 92.8 Å². The lowest BCUT2D eigenvalue weighted by atomic mass is 10.0. The van der Waals surface area contributed by atoms with Gasteiger partial charge in [0.1, 0.15) is 23.4 Å². The number of hydrogen-bond acceptors (Lipinski definition) is 8. The lowest BCUT2D eigenvalue weighted by molar-refractivity contribution is -0.126. The molecule has 3 aromatic heterocycles. The van der Waals surface area contributed by atoms with E-state index >= 15 is 4.39 Å². The number of fused-ring (bicyclic) bond motifs is 1. The number of carbonyl (C=O) groups excluding carboxylic acids is 2. The summed E-state index contributed by atoms with van der Waals surface area (Å²) in [6, 6.07) is 7.75. The van der Waals surface area contributed by atoms with E-state index in [1.807, 2.05) is 32.6 Å². The number of aromatic nitrogens is 4. The van der Waals surface area contributed by atoms with Crippen molar-refractivity contribution in [3.63, 3.8) is 0 Å². The topological polar surface area (TPSA) is 118 Å². The molecular weight excluding hydrogens is 699 g/mol. The van der Waals surface area contributed by atoms with Gasteiger partial charge in [-0.2, -0.15) is 0 Å². The highest BCUT2D eigenvalue weighted by Gasteiger charge is 2.31. The molecule has 4 aromatic rings. The molecule has 0 aliphatic carbocycles. The van der Waals surface area contributed by atoms with Crippen LogP contribution < -0.4 is 10.5 Å². The zero-order valence-corrected chi connectivity index (χ0v) is 32.0. The molecule has 1 aliphatic rings. The molecule has 4 heterocycles. The molecule has 0 bridgehead atoms. The first-order valence-electron chi connectivity index (χ1n) is 17.4. The average molecular weight is 743 g/mol. The van der Waals surface area contributed by atoms with Crippen molar-refractivity contribution in [3.8, 4) is 16.9 Å². The van der Waals surface area contributed by atoms with Crippen molar-refractivity contribution in [1.29, 1.82) is 0 Å². The van der Waals surface area contributed by atoms with Crippen molar-refractivity contribution in [2.24, 2.45) is 0 Å². The van der Waals surface area contributed by atoms with Crippen molar-refractivity contribution < 1.29 is 18.7 Å². The Balaban J connectivity index is 1.59. The van der Waals surface area contributed by atoms with Crippen molar-refractivity contribution in [1.82, 2.24) is 29.3 Å². The predicted octanol–water partition coefficient (Wildman–Crippen LogP) is 7.50. The molecule has 1 aromatic carbocycles. The first-order valence-corrected chi connectivity index (χ1v) is 17.8. The smallest absolute Gasteiger partial charge is 0.410 e. The minimum absolute atomic E-state index is 0.126. The van der Waals surface area contributed by atoms with Gasteiger partial charge in [0.2, 0.25) is 5.91 Å². The van der Waals surface area contributed by atoms with Crippen LogP contribution in [0.5, 0.6) is 0 Å². The Kier molecular flexibility index (Phi) is 11.5. The quantitative estimate of drug-likeness (QED) is 0.135. The standard InChI is InChI=1S/C39H44ClFN8O4/c1-23(2)30-35(31(24(3)4)44-22-43-30)49-36-26(21-27(40)32(45-36)25-13-10-11-14-28(25)41)34(33(42-8)37(49)51)48-19-17-47(18-20-48)29(50)15-12-16-46(9)38(52)53-39(5,6)7/h10-15,21-24H,16-20H2,1-7,9H3/b15-12+. The van der Waals surface area contributed by atoms with E-state index in [1.54, 1.807) is 63.1 Å². The molecular formula is C39H44ClFN8O4. The first-order chi connectivity index (χ1) is 25.0. The van der Waals surface area contributed by atoms with Crippen LogP contribution in [-0.2, 0) is 9.53 Å². The molecule has 2 amide bonds. The number of halogens is 2. The summed E-state index contributed by atoms with van der Waals surface area (Å²) in [7, 11) is 1.59. The van der Waals surface area contributed by atoms with Gasteiger partial charge < -0.3 is 19.4 Å². The van der Waals surface area contributed by atoms with E-state index < -0.39 is 23.1 Å². The Morgan fingerprint density at radius 2 is 1.68 bits per heavy atom. The molecule has 0 saturated carbocycles. The third-order valence-electron chi connectivity index (χ3n) is 8.74. The van der Waals surface area contributed by atoms with E-state index in [1.165, 1.54) is 27.9 Å². The second kappa shape index (κ2) is 15.7. The molecule has 12 nitrogen and oxygen atoms in total. The molecule has 0 spiro atoms. The second-order valence-corrected chi connectivity index (χ2v) is 14.9. The third-order valence-corrected chi connectivity index (χ3v) is 9.03. The van der Waals surface area contributed by atoms with Crippen LogP contribution in [-0.4, -0.2) is 86.7 Å². The van der Waals surface area contributed by atoms with Crippen LogP contribution in [0.2, 0.25) is 5.02 Å². The van der Waals surface area contributed by atoms with Crippen LogP contribution in [0, 0.1) is 12.4 Å². The maximum Gasteiger partial charge on any atom is 0.410 e. The number of carbonyl (C=O) groups is 2. The average Bonchev–Trinajstić information content (AvgIpc) is 3.10. The van der Waals surface area contributed by atoms with E-state index in [4.69, 9.17) is 27.9 Å². The van der Waals surface area contributed by atoms with E-state index in [-0.39, 0.29) is 51.9 Å². The van der Waals surface area contributed by atoms with Gasteiger partial charge in [0.15, 0.2) is 0 Å². The predicted molar refractivity (Wildman–Crippen MR) is 205 cm³/mol. The zero-order chi connectivity index (χ0) is 38.8. The fraction of sp³-hybridized carbons (Fsp3) is 0.410. The highest BCUT2D eigenvalue weighted by molar-refractivity contribution is 6.34. The van der Waals surface area contributed by atoms with Gasteiger partial charge in [-0.15, -0.1) is 0 Å². The van der Waals surface area contributed by atoms with Crippen LogP contribution in [0.1, 0.15) is 71.7 Å². The summed E-state index contributed by atoms with van der Waals surface area (Å²) >= 11 is 6.87. The minimum atomic E-state index is -0.637. The number of likely N-dealkylation sites (N-methyl/N-ethyl adjacent to an activating group) is 1.